The van der Waals surface area contributed by atoms with E-state index in [0.717, 1.165) is 19.5 Å². The molecule has 0 bridgehead atoms. The van der Waals surface area contributed by atoms with Crippen LogP contribution in [0.15, 0.2) is 5.11 Å². The van der Waals surface area contributed by atoms with Gasteiger partial charge in [0.05, 0.1) is 0 Å². The molecule has 0 aliphatic heterocycles. The normalized spacial score (nSPS) is 18.3. The van der Waals surface area contributed by atoms with Crippen LogP contribution in [-0.4, -0.2) is 56.1 Å². The highest BCUT2D eigenvalue weighted by Gasteiger charge is 2.39. The van der Waals surface area contributed by atoms with E-state index in [4.69, 9.17) is 5.53 Å². The molecule has 0 N–H and O–H groups in total. The predicted molar refractivity (Wildman–Crippen MR) is 66.4 cm³/mol. The van der Waals surface area contributed by atoms with E-state index in [2.05, 4.69) is 41.0 Å². The summed E-state index contributed by atoms with van der Waals surface area (Å²) in [5, 5.41) is 3.55. The lowest BCUT2D eigenvalue weighted by molar-refractivity contribution is 0.0278. The predicted octanol–water partition coefficient (Wildman–Crippen LogP) is 2.10. The Hall–Kier alpha value is -0.770. The van der Waals surface area contributed by atoms with Crippen LogP contribution in [0, 0.1) is 0 Å². The fraction of sp³-hybridized carbons (Fsp3) is 1.00. The fourth-order valence-electron chi connectivity index (χ4n) is 2.37. The molecule has 1 rings (SSSR count). The molecule has 0 heterocycles. The quantitative estimate of drug-likeness (QED) is 0.288. The number of likely N-dealkylation sites (N-methyl/N-ethyl adjacent to an activating group) is 2. The van der Waals surface area contributed by atoms with E-state index < -0.39 is 0 Å². The van der Waals surface area contributed by atoms with Crippen molar-refractivity contribution in [3.8, 4) is 0 Å². The summed E-state index contributed by atoms with van der Waals surface area (Å²) in [6.07, 6.45) is 4.91. The van der Waals surface area contributed by atoms with Crippen molar-refractivity contribution in [2.45, 2.75) is 31.2 Å². The van der Waals surface area contributed by atoms with E-state index in [1.54, 1.807) is 0 Å². The average Bonchev–Trinajstić information content (AvgIpc) is 2.18. The summed E-state index contributed by atoms with van der Waals surface area (Å²) in [4.78, 5) is 7.48. The Kier molecular flexibility index (Phi) is 5.06. The molecular weight excluding hydrogens is 202 g/mol. The summed E-state index contributed by atoms with van der Waals surface area (Å²) < 4.78 is 0. The van der Waals surface area contributed by atoms with Gasteiger partial charge in [-0.1, -0.05) is 5.11 Å². The van der Waals surface area contributed by atoms with Crippen molar-refractivity contribution in [2.24, 2.45) is 5.11 Å². The summed E-state index contributed by atoms with van der Waals surface area (Å²) in [6.45, 7) is 2.74. The summed E-state index contributed by atoms with van der Waals surface area (Å²) in [5.41, 5.74) is 8.57. The Morgan fingerprint density at radius 3 is 2.44 bits per heavy atom. The topological polar surface area (TPSA) is 55.2 Å². The zero-order valence-corrected chi connectivity index (χ0v) is 10.7. The zero-order chi connectivity index (χ0) is 12.0. The maximum Gasteiger partial charge on any atom is 0.0330 e. The van der Waals surface area contributed by atoms with Crippen LogP contribution >= 0.6 is 0 Å². The van der Waals surface area contributed by atoms with Crippen LogP contribution < -0.4 is 0 Å². The Balaban J connectivity index is 2.27. The summed E-state index contributed by atoms with van der Waals surface area (Å²) in [7, 11) is 6.50. The molecule has 0 unspecified atom stereocenters. The molecule has 0 aromatic carbocycles. The molecular formula is C11H23N5. The molecule has 1 aliphatic rings. The van der Waals surface area contributed by atoms with E-state index in [-0.39, 0.29) is 0 Å². The number of hydrogen-bond donors (Lipinski definition) is 0. The smallest absolute Gasteiger partial charge is 0.0330 e. The third-order valence-electron chi connectivity index (χ3n) is 3.66. The molecule has 1 saturated carbocycles. The van der Waals surface area contributed by atoms with Gasteiger partial charge in [-0.25, -0.2) is 0 Å². The van der Waals surface area contributed by atoms with Crippen LogP contribution in [0.1, 0.15) is 25.7 Å². The number of rotatable bonds is 7. The highest BCUT2D eigenvalue weighted by atomic mass is 15.2. The number of nitrogens with zero attached hydrogens (tertiary/aromatic N) is 5. The molecule has 0 spiro atoms. The minimum absolute atomic E-state index is 0.396. The van der Waals surface area contributed by atoms with Crippen molar-refractivity contribution in [3.05, 3.63) is 10.4 Å². The second-order valence-corrected chi connectivity index (χ2v) is 5.02. The Morgan fingerprint density at radius 1 is 1.31 bits per heavy atom. The van der Waals surface area contributed by atoms with Crippen LogP contribution in [0.4, 0.5) is 0 Å². The molecule has 0 amide bonds. The lowest BCUT2D eigenvalue weighted by atomic mass is 9.75. The van der Waals surface area contributed by atoms with Gasteiger partial charge in [0.25, 0.3) is 0 Å². The van der Waals surface area contributed by atoms with Crippen molar-refractivity contribution in [1.29, 1.82) is 0 Å². The molecule has 16 heavy (non-hydrogen) atoms. The van der Waals surface area contributed by atoms with E-state index in [1.165, 1.54) is 19.3 Å². The van der Waals surface area contributed by atoms with Crippen LogP contribution in [0.2, 0.25) is 0 Å². The summed E-state index contributed by atoms with van der Waals surface area (Å²) >= 11 is 0. The highest BCUT2D eigenvalue weighted by molar-refractivity contribution is 4.97. The van der Waals surface area contributed by atoms with Gasteiger partial charge in [0.15, 0.2) is 0 Å². The molecule has 0 aromatic rings. The first-order chi connectivity index (χ1) is 7.60. The number of hydrogen-bond acceptors (Lipinski definition) is 3. The van der Waals surface area contributed by atoms with Gasteiger partial charge in [0.2, 0.25) is 0 Å². The van der Waals surface area contributed by atoms with E-state index in [9.17, 15) is 0 Å². The van der Waals surface area contributed by atoms with Crippen LogP contribution in [0.5, 0.6) is 0 Å². The van der Waals surface area contributed by atoms with Crippen molar-refractivity contribution in [3.63, 3.8) is 0 Å². The van der Waals surface area contributed by atoms with E-state index >= 15 is 0 Å². The fourth-order valence-corrected chi connectivity index (χ4v) is 2.37. The van der Waals surface area contributed by atoms with Crippen molar-refractivity contribution >= 4 is 0 Å². The van der Waals surface area contributed by atoms with Crippen molar-refractivity contribution in [1.82, 2.24) is 9.80 Å². The van der Waals surface area contributed by atoms with Gasteiger partial charge >= 0.3 is 0 Å². The van der Waals surface area contributed by atoms with Crippen molar-refractivity contribution < 1.29 is 0 Å². The largest absolute Gasteiger partial charge is 0.305 e. The molecule has 0 atom stereocenters. The van der Waals surface area contributed by atoms with Gasteiger partial charge in [-0.15, -0.1) is 0 Å². The van der Waals surface area contributed by atoms with Crippen molar-refractivity contribution in [2.75, 3.05) is 40.8 Å². The lowest BCUT2D eigenvalue weighted by Gasteiger charge is -2.49. The molecule has 1 aliphatic carbocycles. The van der Waals surface area contributed by atoms with Crippen LogP contribution in [-0.2, 0) is 0 Å². The number of azide groups is 1. The maximum absolute atomic E-state index is 8.18. The second kappa shape index (κ2) is 6.09. The molecule has 92 valence electrons. The van der Waals surface area contributed by atoms with Gasteiger partial charge in [-0.2, -0.15) is 0 Å². The van der Waals surface area contributed by atoms with Crippen LogP contribution in [0.3, 0.4) is 0 Å². The van der Waals surface area contributed by atoms with Gasteiger partial charge in [0, 0.05) is 23.5 Å². The van der Waals surface area contributed by atoms with Gasteiger partial charge in [-0.05, 0) is 58.9 Å². The van der Waals surface area contributed by atoms with Crippen LogP contribution in [0.25, 0.3) is 10.4 Å². The Morgan fingerprint density at radius 2 is 2.00 bits per heavy atom. The van der Waals surface area contributed by atoms with Gasteiger partial charge in [0.1, 0.15) is 0 Å². The van der Waals surface area contributed by atoms with E-state index in [1.807, 2.05) is 0 Å². The average molecular weight is 225 g/mol. The first-order valence-electron chi connectivity index (χ1n) is 5.97. The molecule has 0 saturated heterocycles. The monoisotopic (exact) mass is 225 g/mol. The first-order valence-corrected chi connectivity index (χ1v) is 5.97. The molecule has 5 nitrogen and oxygen atoms in total. The molecule has 1 fully saturated rings. The van der Waals surface area contributed by atoms with Gasteiger partial charge in [-0.3, -0.25) is 0 Å². The lowest BCUT2D eigenvalue weighted by Crippen LogP contribution is -2.56. The first kappa shape index (κ1) is 13.3. The Bertz CT molecular complexity index is 253. The molecule has 0 aromatic heterocycles. The molecule has 5 heteroatoms. The third kappa shape index (κ3) is 3.37. The summed E-state index contributed by atoms with van der Waals surface area (Å²) in [6, 6.07) is 0. The Labute approximate surface area is 98.0 Å². The second-order valence-electron chi connectivity index (χ2n) is 5.02. The zero-order valence-electron chi connectivity index (χ0n) is 10.7. The minimum Gasteiger partial charge on any atom is -0.305 e. The van der Waals surface area contributed by atoms with Gasteiger partial charge < -0.3 is 9.80 Å². The third-order valence-corrected chi connectivity index (χ3v) is 3.66. The van der Waals surface area contributed by atoms with E-state index in [0.29, 0.717) is 12.1 Å². The molecule has 0 radical (unpaired) electrons. The maximum atomic E-state index is 8.18. The minimum atomic E-state index is 0.396. The SMILES string of the molecule is CN(CCCN=[N+]=[N-])CC1(N(C)C)CCC1. The summed E-state index contributed by atoms with van der Waals surface area (Å²) in [5.74, 6) is 0. The highest BCUT2D eigenvalue weighted by Crippen LogP contribution is 2.36. The standard InChI is InChI=1S/C11H23N5/c1-15(2)11(6-4-7-11)10-16(3)9-5-8-13-14-12/h4-10H2,1-3H3.